The number of anilines is 2. The second-order valence-electron chi connectivity index (χ2n) is 5.21. The van der Waals surface area contributed by atoms with Crippen molar-refractivity contribution in [3.8, 4) is 0 Å². The van der Waals surface area contributed by atoms with Gasteiger partial charge in [-0.15, -0.1) is 11.3 Å². The summed E-state index contributed by atoms with van der Waals surface area (Å²) in [6.07, 6.45) is 5.24. The van der Waals surface area contributed by atoms with Crippen LogP contribution in [0.2, 0.25) is 0 Å². The third-order valence-electron chi connectivity index (χ3n) is 3.54. The highest BCUT2D eigenvalue weighted by atomic mass is 32.1. The van der Waals surface area contributed by atoms with Crippen LogP contribution in [-0.4, -0.2) is 21.8 Å². The van der Waals surface area contributed by atoms with E-state index in [2.05, 4.69) is 27.5 Å². The van der Waals surface area contributed by atoms with Gasteiger partial charge in [0.15, 0.2) is 0 Å². The van der Waals surface area contributed by atoms with Crippen LogP contribution in [0.1, 0.15) is 32.6 Å². The molecule has 1 aromatic carbocycles. The zero-order chi connectivity index (χ0) is 17.6. The van der Waals surface area contributed by atoms with Gasteiger partial charge in [-0.2, -0.15) is 0 Å². The third-order valence-corrected chi connectivity index (χ3v) is 4.45. The van der Waals surface area contributed by atoms with Crippen molar-refractivity contribution in [2.45, 2.75) is 13.3 Å². The molecule has 3 aromatic rings. The Morgan fingerprint density at radius 3 is 2.52 bits per heavy atom. The van der Waals surface area contributed by atoms with Crippen LogP contribution in [0.15, 0.2) is 54.3 Å². The van der Waals surface area contributed by atoms with Crippen LogP contribution in [0.3, 0.4) is 0 Å². The van der Waals surface area contributed by atoms with Crippen molar-refractivity contribution in [1.29, 1.82) is 0 Å². The quantitative estimate of drug-likeness (QED) is 0.735. The van der Waals surface area contributed by atoms with E-state index in [1.807, 2.05) is 24.3 Å². The Hall–Kier alpha value is -3.06. The number of nitrogens with zero attached hydrogens (tertiary/aromatic N) is 2. The number of rotatable bonds is 5. The molecule has 0 fully saturated rings. The van der Waals surface area contributed by atoms with Gasteiger partial charge in [-0.25, -0.2) is 4.98 Å². The molecule has 0 aliphatic heterocycles. The van der Waals surface area contributed by atoms with Gasteiger partial charge >= 0.3 is 0 Å². The molecule has 0 atom stereocenters. The van der Waals surface area contributed by atoms with Gasteiger partial charge in [-0.3, -0.25) is 14.6 Å². The number of hydrogen-bond acceptors (Lipinski definition) is 5. The molecule has 0 aliphatic carbocycles. The Kier molecular flexibility index (Phi) is 5.15. The number of thiophene rings is 1. The van der Waals surface area contributed by atoms with Crippen molar-refractivity contribution in [3.05, 3.63) is 70.4 Å². The van der Waals surface area contributed by atoms with E-state index in [0.29, 0.717) is 16.3 Å². The maximum absolute atomic E-state index is 12.5. The normalized spacial score (nSPS) is 10.3. The molecule has 7 heteroatoms. The number of hydrogen-bond donors (Lipinski definition) is 2. The van der Waals surface area contributed by atoms with Gasteiger partial charge in [0, 0.05) is 18.1 Å². The van der Waals surface area contributed by atoms with E-state index in [0.717, 1.165) is 6.42 Å². The predicted molar refractivity (Wildman–Crippen MR) is 98.1 cm³/mol. The Bertz CT molecular complexity index is 876. The average molecular weight is 352 g/mol. The van der Waals surface area contributed by atoms with Crippen LogP contribution in [0.25, 0.3) is 0 Å². The number of carbonyl (C=O) groups is 2. The predicted octanol–water partition coefficient (Wildman–Crippen LogP) is 3.61. The van der Waals surface area contributed by atoms with Crippen LogP contribution in [0.5, 0.6) is 0 Å². The van der Waals surface area contributed by atoms with Gasteiger partial charge in [-0.05, 0) is 35.6 Å². The zero-order valence-corrected chi connectivity index (χ0v) is 14.3. The van der Waals surface area contributed by atoms with E-state index in [1.165, 1.54) is 35.5 Å². The summed E-state index contributed by atoms with van der Waals surface area (Å²) >= 11 is 1.26. The molecule has 0 spiro atoms. The van der Waals surface area contributed by atoms with Gasteiger partial charge in [0.1, 0.15) is 10.6 Å². The lowest BCUT2D eigenvalue weighted by Gasteiger charge is -2.08. The molecule has 2 amide bonds. The number of aryl methyl sites for hydroxylation is 1. The van der Waals surface area contributed by atoms with E-state index in [1.54, 1.807) is 11.4 Å². The Labute approximate surface area is 149 Å². The number of amides is 2. The Morgan fingerprint density at radius 1 is 1.04 bits per heavy atom. The highest BCUT2D eigenvalue weighted by molar-refractivity contribution is 7.12. The minimum atomic E-state index is -0.409. The highest BCUT2D eigenvalue weighted by Crippen LogP contribution is 2.24. The zero-order valence-electron chi connectivity index (χ0n) is 13.5. The number of nitrogens with one attached hydrogen (secondary N) is 2. The molecule has 6 nitrogen and oxygen atoms in total. The Morgan fingerprint density at radius 2 is 1.84 bits per heavy atom. The van der Waals surface area contributed by atoms with Crippen molar-refractivity contribution in [3.63, 3.8) is 0 Å². The summed E-state index contributed by atoms with van der Waals surface area (Å²) in [6, 6.07) is 9.36. The number of benzene rings is 1. The maximum Gasteiger partial charge on any atom is 0.275 e. The third kappa shape index (κ3) is 4.07. The van der Waals surface area contributed by atoms with Crippen LogP contribution in [0.4, 0.5) is 11.4 Å². The summed E-state index contributed by atoms with van der Waals surface area (Å²) in [5, 5.41) is 7.29. The molecular formula is C18H16N4O2S. The molecule has 0 bridgehead atoms. The first kappa shape index (κ1) is 16.8. The van der Waals surface area contributed by atoms with Crippen LogP contribution in [0, 0.1) is 0 Å². The first-order valence-electron chi connectivity index (χ1n) is 7.72. The lowest BCUT2D eigenvalue weighted by molar-refractivity contribution is 0.102. The van der Waals surface area contributed by atoms with Gasteiger partial charge < -0.3 is 10.6 Å². The van der Waals surface area contributed by atoms with Gasteiger partial charge in [-0.1, -0.05) is 19.1 Å². The molecule has 126 valence electrons. The summed E-state index contributed by atoms with van der Waals surface area (Å²) in [5.74, 6) is -0.679. The van der Waals surface area contributed by atoms with E-state index in [-0.39, 0.29) is 11.6 Å². The minimum absolute atomic E-state index is 0.190. The van der Waals surface area contributed by atoms with E-state index in [9.17, 15) is 9.59 Å². The standard InChI is InChI=1S/C18H16N4O2S/c1-2-12-3-5-13(6-4-12)21-18(24)16-14(7-10-25-16)22-17(23)15-11-19-8-9-20-15/h3-11H,2H2,1H3,(H,21,24)(H,22,23). The molecule has 0 saturated heterocycles. The number of aromatic nitrogens is 2. The van der Waals surface area contributed by atoms with Crippen LogP contribution in [-0.2, 0) is 6.42 Å². The monoisotopic (exact) mass is 352 g/mol. The summed E-state index contributed by atoms with van der Waals surface area (Å²) < 4.78 is 0. The molecule has 0 aliphatic rings. The van der Waals surface area contributed by atoms with Crippen molar-refractivity contribution in [2.75, 3.05) is 10.6 Å². The first-order chi connectivity index (χ1) is 12.2. The van der Waals surface area contributed by atoms with Crippen molar-refractivity contribution >= 4 is 34.5 Å². The average Bonchev–Trinajstić information content (AvgIpc) is 3.11. The molecule has 25 heavy (non-hydrogen) atoms. The summed E-state index contributed by atoms with van der Waals surface area (Å²) in [6.45, 7) is 2.07. The van der Waals surface area contributed by atoms with E-state index < -0.39 is 5.91 Å². The highest BCUT2D eigenvalue weighted by Gasteiger charge is 2.17. The largest absolute Gasteiger partial charge is 0.321 e. The lowest BCUT2D eigenvalue weighted by Crippen LogP contribution is -2.17. The van der Waals surface area contributed by atoms with E-state index in [4.69, 9.17) is 0 Å². The lowest BCUT2D eigenvalue weighted by atomic mass is 10.1. The summed E-state index contributed by atoms with van der Waals surface area (Å²) in [4.78, 5) is 32.9. The van der Waals surface area contributed by atoms with Crippen molar-refractivity contribution < 1.29 is 9.59 Å². The molecule has 2 heterocycles. The molecule has 0 saturated carbocycles. The maximum atomic E-state index is 12.5. The van der Waals surface area contributed by atoms with Crippen molar-refractivity contribution in [1.82, 2.24) is 9.97 Å². The second kappa shape index (κ2) is 7.67. The summed E-state index contributed by atoms with van der Waals surface area (Å²) in [5.41, 5.74) is 2.55. The second-order valence-corrected chi connectivity index (χ2v) is 6.13. The molecule has 0 radical (unpaired) electrons. The number of carbonyl (C=O) groups excluding carboxylic acids is 2. The van der Waals surface area contributed by atoms with Crippen LogP contribution >= 0.6 is 11.3 Å². The molecule has 2 aromatic heterocycles. The SMILES string of the molecule is CCc1ccc(NC(=O)c2sccc2NC(=O)c2cnccn2)cc1. The summed E-state index contributed by atoms with van der Waals surface area (Å²) in [7, 11) is 0. The Balaban J connectivity index is 1.72. The van der Waals surface area contributed by atoms with Crippen LogP contribution < -0.4 is 10.6 Å². The minimum Gasteiger partial charge on any atom is -0.321 e. The molecule has 2 N–H and O–H groups in total. The molecule has 0 unspecified atom stereocenters. The van der Waals surface area contributed by atoms with Gasteiger partial charge in [0.2, 0.25) is 0 Å². The van der Waals surface area contributed by atoms with Gasteiger partial charge in [0.05, 0.1) is 11.9 Å². The fraction of sp³-hybridized carbons (Fsp3) is 0.111. The smallest absolute Gasteiger partial charge is 0.275 e. The topological polar surface area (TPSA) is 84.0 Å². The van der Waals surface area contributed by atoms with Crippen molar-refractivity contribution in [2.24, 2.45) is 0 Å². The first-order valence-corrected chi connectivity index (χ1v) is 8.60. The fourth-order valence-corrected chi connectivity index (χ4v) is 2.94. The van der Waals surface area contributed by atoms with E-state index >= 15 is 0 Å². The molecule has 3 rings (SSSR count). The van der Waals surface area contributed by atoms with Gasteiger partial charge in [0.25, 0.3) is 11.8 Å². The fourth-order valence-electron chi connectivity index (χ4n) is 2.20. The molecular weight excluding hydrogens is 336 g/mol.